The van der Waals surface area contributed by atoms with Crippen molar-refractivity contribution in [3.63, 3.8) is 0 Å². The van der Waals surface area contributed by atoms with Crippen LogP contribution in [0.4, 0.5) is 10.1 Å². The molecule has 0 fully saturated rings. The van der Waals surface area contributed by atoms with Crippen LogP contribution in [-0.2, 0) is 0 Å². The number of thiazole rings is 1. The molecule has 0 saturated carbocycles. The summed E-state index contributed by atoms with van der Waals surface area (Å²) in [6.45, 7) is 0. The van der Waals surface area contributed by atoms with Gasteiger partial charge in [0.05, 0.1) is 15.0 Å². The maximum absolute atomic E-state index is 10.7. The van der Waals surface area contributed by atoms with Gasteiger partial charge in [-0.15, -0.1) is 11.3 Å². The lowest BCUT2D eigenvalue weighted by atomic mass is 10.6. The van der Waals surface area contributed by atoms with Gasteiger partial charge in [0.15, 0.2) is 5.13 Å². The molecular weight excluding hydrogens is 312 g/mol. The monoisotopic (exact) mass is 318 g/mol. The lowest BCUT2D eigenvalue weighted by molar-refractivity contribution is 0.0702. The molecule has 0 unspecified atom stereocenters. The molecular formula is C9H7BrN2O2S2. The van der Waals surface area contributed by atoms with Crippen molar-refractivity contribution in [3.8, 4) is 0 Å². The highest BCUT2D eigenvalue weighted by Crippen LogP contribution is 2.35. The summed E-state index contributed by atoms with van der Waals surface area (Å²) < 4.78 is 1.03. The molecule has 0 atom stereocenters. The van der Waals surface area contributed by atoms with Crippen molar-refractivity contribution in [3.05, 3.63) is 27.0 Å². The molecule has 16 heavy (non-hydrogen) atoms. The molecule has 0 saturated heterocycles. The van der Waals surface area contributed by atoms with Gasteiger partial charge in [0, 0.05) is 7.05 Å². The van der Waals surface area contributed by atoms with E-state index in [1.165, 1.54) is 6.20 Å². The molecule has 2 aromatic heterocycles. The fraction of sp³-hybridized carbons (Fsp3) is 0.111. The molecule has 0 spiro atoms. The van der Waals surface area contributed by atoms with E-state index >= 15 is 0 Å². The zero-order chi connectivity index (χ0) is 11.7. The molecule has 7 heteroatoms. The molecule has 1 N–H and O–H groups in total. The molecule has 0 radical (unpaired) electrons. The predicted octanol–water partition coefficient (Wildman–Crippen LogP) is 3.43. The summed E-state index contributed by atoms with van der Waals surface area (Å²) in [5.74, 6) is -0.940. The van der Waals surface area contributed by atoms with Gasteiger partial charge in [0.25, 0.3) is 0 Å². The SMILES string of the molecule is CN(c1ccc(Br)s1)c1ncc(C(=O)O)s1. The van der Waals surface area contributed by atoms with Crippen LogP contribution >= 0.6 is 38.6 Å². The van der Waals surface area contributed by atoms with Gasteiger partial charge in [-0.1, -0.05) is 11.3 Å². The molecule has 0 aromatic carbocycles. The molecule has 2 aromatic rings. The maximum Gasteiger partial charge on any atom is 0.347 e. The first-order valence-electron chi connectivity index (χ1n) is 4.26. The van der Waals surface area contributed by atoms with Crippen LogP contribution in [0.15, 0.2) is 22.1 Å². The predicted molar refractivity (Wildman–Crippen MR) is 69.2 cm³/mol. The second kappa shape index (κ2) is 4.52. The van der Waals surface area contributed by atoms with Crippen LogP contribution in [0.1, 0.15) is 9.67 Å². The van der Waals surface area contributed by atoms with E-state index in [0.717, 1.165) is 20.1 Å². The molecule has 0 bridgehead atoms. The van der Waals surface area contributed by atoms with Gasteiger partial charge in [0.1, 0.15) is 4.88 Å². The van der Waals surface area contributed by atoms with Crippen LogP contribution in [0.5, 0.6) is 0 Å². The zero-order valence-electron chi connectivity index (χ0n) is 8.18. The summed E-state index contributed by atoms with van der Waals surface area (Å²) in [6.07, 6.45) is 1.38. The number of carbonyl (C=O) groups is 1. The maximum atomic E-state index is 10.7. The number of aromatic carboxylic acids is 1. The number of nitrogens with zero attached hydrogens (tertiary/aromatic N) is 2. The molecule has 84 valence electrons. The largest absolute Gasteiger partial charge is 0.477 e. The second-order valence-electron chi connectivity index (χ2n) is 2.95. The fourth-order valence-corrected chi connectivity index (χ4v) is 3.21. The quantitative estimate of drug-likeness (QED) is 0.942. The molecule has 4 nitrogen and oxygen atoms in total. The van der Waals surface area contributed by atoms with Crippen molar-refractivity contribution in [2.45, 2.75) is 0 Å². The van der Waals surface area contributed by atoms with Crippen LogP contribution < -0.4 is 4.90 Å². The Morgan fingerprint density at radius 1 is 1.50 bits per heavy atom. The first kappa shape index (κ1) is 11.6. The Morgan fingerprint density at radius 2 is 2.25 bits per heavy atom. The van der Waals surface area contributed by atoms with Gasteiger partial charge >= 0.3 is 5.97 Å². The number of carboxylic acids is 1. The Labute approximate surface area is 108 Å². The minimum atomic E-state index is -0.940. The minimum Gasteiger partial charge on any atom is -0.477 e. The second-order valence-corrected chi connectivity index (χ2v) is 6.40. The highest BCUT2D eigenvalue weighted by atomic mass is 79.9. The van der Waals surface area contributed by atoms with Gasteiger partial charge in [-0.05, 0) is 28.1 Å². The molecule has 0 aliphatic heterocycles. The Bertz CT molecular complexity index is 523. The fourth-order valence-electron chi connectivity index (χ4n) is 1.10. The average Bonchev–Trinajstić information content (AvgIpc) is 2.84. The normalized spacial score (nSPS) is 10.4. The summed E-state index contributed by atoms with van der Waals surface area (Å²) in [4.78, 5) is 16.9. The van der Waals surface area contributed by atoms with E-state index < -0.39 is 5.97 Å². The average molecular weight is 319 g/mol. The van der Waals surface area contributed by atoms with Crippen LogP contribution in [-0.4, -0.2) is 23.1 Å². The highest BCUT2D eigenvalue weighted by molar-refractivity contribution is 9.11. The molecule has 2 heterocycles. The molecule has 0 amide bonds. The van der Waals surface area contributed by atoms with Gasteiger partial charge in [-0.2, -0.15) is 0 Å². The van der Waals surface area contributed by atoms with Gasteiger partial charge in [-0.25, -0.2) is 9.78 Å². The van der Waals surface area contributed by atoms with Crippen molar-refractivity contribution in [2.24, 2.45) is 0 Å². The van der Waals surface area contributed by atoms with E-state index in [4.69, 9.17) is 5.11 Å². The summed E-state index contributed by atoms with van der Waals surface area (Å²) >= 11 is 6.11. The summed E-state index contributed by atoms with van der Waals surface area (Å²) in [5.41, 5.74) is 0. The third-order valence-corrected chi connectivity index (χ3v) is 4.64. The molecule has 0 aliphatic carbocycles. The van der Waals surface area contributed by atoms with E-state index in [-0.39, 0.29) is 4.88 Å². The molecule has 0 aliphatic rings. The van der Waals surface area contributed by atoms with Crippen LogP contribution in [0.25, 0.3) is 0 Å². The number of aromatic nitrogens is 1. The number of carboxylic acid groups (broad SMARTS) is 1. The van der Waals surface area contributed by atoms with E-state index in [1.807, 2.05) is 24.1 Å². The lowest BCUT2D eigenvalue weighted by Gasteiger charge is -2.12. The number of halogens is 1. The number of rotatable bonds is 3. The highest BCUT2D eigenvalue weighted by Gasteiger charge is 2.13. The molecule has 2 rings (SSSR count). The number of thiophene rings is 1. The van der Waals surface area contributed by atoms with Gasteiger partial charge < -0.3 is 10.0 Å². The topological polar surface area (TPSA) is 53.4 Å². The van der Waals surface area contributed by atoms with Crippen molar-refractivity contribution in [2.75, 3.05) is 11.9 Å². The Hall–Kier alpha value is -0.920. The van der Waals surface area contributed by atoms with E-state index in [9.17, 15) is 4.79 Å². The Kier molecular flexibility index (Phi) is 3.27. The van der Waals surface area contributed by atoms with Crippen LogP contribution in [0, 0.1) is 0 Å². The number of hydrogen-bond donors (Lipinski definition) is 1. The lowest BCUT2D eigenvalue weighted by Crippen LogP contribution is -2.06. The zero-order valence-corrected chi connectivity index (χ0v) is 11.4. The minimum absolute atomic E-state index is 0.248. The van der Waals surface area contributed by atoms with Crippen molar-refractivity contribution in [1.29, 1.82) is 0 Å². The third-order valence-electron chi connectivity index (χ3n) is 1.88. The van der Waals surface area contributed by atoms with Gasteiger partial charge in [-0.3, -0.25) is 0 Å². The standard InChI is InChI=1S/C9H7BrN2O2S2/c1-12(7-3-2-6(10)16-7)9-11-4-5(15-9)8(13)14/h2-4H,1H3,(H,13,14). The number of hydrogen-bond acceptors (Lipinski definition) is 5. The van der Waals surface area contributed by atoms with Crippen LogP contribution in [0.2, 0.25) is 0 Å². The van der Waals surface area contributed by atoms with E-state index in [0.29, 0.717) is 5.13 Å². The first-order valence-corrected chi connectivity index (χ1v) is 6.68. The Balaban J connectivity index is 2.26. The van der Waals surface area contributed by atoms with E-state index in [2.05, 4.69) is 20.9 Å². The Morgan fingerprint density at radius 3 is 2.75 bits per heavy atom. The van der Waals surface area contributed by atoms with Crippen molar-refractivity contribution >= 4 is 54.7 Å². The van der Waals surface area contributed by atoms with Crippen molar-refractivity contribution in [1.82, 2.24) is 4.98 Å². The van der Waals surface area contributed by atoms with Crippen LogP contribution in [0.3, 0.4) is 0 Å². The summed E-state index contributed by atoms with van der Waals surface area (Å²) in [7, 11) is 1.86. The number of anilines is 2. The smallest absolute Gasteiger partial charge is 0.347 e. The van der Waals surface area contributed by atoms with E-state index in [1.54, 1.807) is 11.3 Å². The summed E-state index contributed by atoms with van der Waals surface area (Å²) in [5, 5.41) is 10.5. The summed E-state index contributed by atoms with van der Waals surface area (Å²) in [6, 6.07) is 3.90. The first-order chi connectivity index (χ1) is 7.58. The third kappa shape index (κ3) is 2.26. The van der Waals surface area contributed by atoms with Crippen molar-refractivity contribution < 1.29 is 9.90 Å². The van der Waals surface area contributed by atoms with Gasteiger partial charge in [0.2, 0.25) is 0 Å².